The van der Waals surface area contributed by atoms with E-state index in [0.717, 1.165) is 12.1 Å². The van der Waals surface area contributed by atoms with Crippen LogP contribution in [0.3, 0.4) is 0 Å². The molecule has 1 atom stereocenters. The van der Waals surface area contributed by atoms with Gasteiger partial charge in [-0.25, -0.2) is 12.8 Å². The standard InChI is InChI=1S/C15H20FN3O4S/c1-17-15(21)13-10-18-7-8-19(13)14(20)6-9-24(22,23)12-4-2-11(16)3-5-12/h2-5,13,18H,6-10H2,1H3,(H,17,21)/t13-/m1/s1. The van der Waals surface area contributed by atoms with Gasteiger partial charge in [-0.05, 0) is 24.3 Å². The van der Waals surface area contributed by atoms with E-state index in [1.807, 2.05) is 0 Å². The van der Waals surface area contributed by atoms with Crippen molar-refractivity contribution in [2.75, 3.05) is 32.4 Å². The molecule has 2 amide bonds. The molecule has 0 saturated carbocycles. The summed E-state index contributed by atoms with van der Waals surface area (Å²) in [6, 6.07) is 3.82. The van der Waals surface area contributed by atoms with Crippen molar-refractivity contribution in [3.8, 4) is 0 Å². The third-order valence-corrected chi connectivity index (χ3v) is 5.60. The van der Waals surface area contributed by atoms with E-state index in [2.05, 4.69) is 10.6 Å². The minimum atomic E-state index is -3.68. The molecule has 1 heterocycles. The first-order valence-corrected chi connectivity index (χ1v) is 9.20. The molecule has 1 aliphatic rings. The van der Waals surface area contributed by atoms with Gasteiger partial charge in [0.1, 0.15) is 11.9 Å². The van der Waals surface area contributed by atoms with Crippen LogP contribution >= 0.6 is 0 Å². The first-order chi connectivity index (χ1) is 11.3. The maximum absolute atomic E-state index is 12.9. The topological polar surface area (TPSA) is 95.6 Å². The molecule has 7 nitrogen and oxygen atoms in total. The fraction of sp³-hybridized carbons (Fsp3) is 0.467. The normalized spacial score (nSPS) is 18.2. The third-order valence-electron chi connectivity index (χ3n) is 3.87. The second-order valence-corrected chi connectivity index (χ2v) is 7.55. The smallest absolute Gasteiger partial charge is 0.243 e. The van der Waals surface area contributed by atoms with Crippen LogP contribution in [0.25, 0.3) is 0 Å². The molecule has 132 valence electrons. The van der Waals surface area contributed by atoms with E-state index in [4.69, 9.17) is 0 Å². The fourth-order valence-electron chi connectivity index (χ4n) is 2.53. The van der Waals surface area contributed by atoms with Gasteiger partial charge in [0.05, 0.1) is 10.6 Å². The SMILES string of the molecule is CNC(=O)[C@H]1CNCCN1C(=O)CCS(=O)(=O)c1ccc(F)cc1. The van der Waals surface area contributed by atoms with Crippen molar-refractivity contribution >= 4 is 21.7 Å². The zero-order valence-corrected chi connectivity index (χ0v) is 14.1. The Morgan fingerprint density at radius 2 is 2.00 bits per heavy atom. The summed E-state index contributed by atoms with van der Waals surface area (Å²) in [4.78, 5) is 25.6. The van der Waals surface area contributed by atoms with Crippen LogP contribution < -0.4 is 10.6 Å². The second-order valence-electron chi connectivity index (χ2n) is 5.44. The second kappa shape index (κ2) is 7.71. The molecular formula is C15H20FN3O4S. The summed E-state index contributed by atoms with van der Waals surface area (Å²) >= 11 is 0. The monoisotopic (exact) mass is 357 g/mol. The average molecular weight is 357 g/mol. The van der Waals surface area contributed by atoms with Crippen LogP contribution in [0, 0.1) is 5.82 Å². The highest BCUT2D eigenvalue weighted by Crippen LogP contribution is 2.14. The van der Waals surface area contributed by atoms with Crippen LogP contribution in [-0.2, 0) is 19.4 Å². The maximum atomic E-state index is 12.9. The molecule has 0 spiro atoms. The number of amides is 2. The number of rotatable bonds is 5. The highest BCUT2D eigenvalue weighted by Gasteiger charge is 2.31. The summed E-state index contributed by atoms with van der Waals surface area (Å²) in [7, 11) is -2.20. The molecule has 0 bridgehead atoms. The van der Waals surface area contributed by atoms with Gasteiger partial charge in [-0.15, -0.1) is 0 Å². The summed E-state index contributed by atoms with van der Waals surface area (Å²) in [6.07, 6.45) is -0.229. The van der Waals surface area contributed by atoms with Crippen LogP contribution in [-0.4, -0.2) is 63.6 Å². The Bertz CT molecular complexity index is 706. The Morgan fingerprint density at radius 3 is 2.62 bits per heavy atom. The van der Waals surface area contributed by atoms with Crippen molar-refractivity contribution in [1.82, 2.24) is 15.5 Å². The minimum Gasteiger partial charge on any atom is -0.357 e. The van der Waals surface area contributed by atoms with E-state index in [-0.39, 0.29) is 23.0 Å². The molecule has 0 aromatic heterocycles. The summed E-state index contributed by atoms with van der Waals surface area (Å²) in [6.45, 7) is 1.22. The molecule has 1 aliphatic heterocycles. The lowest BCUT2D eigenvalue weighted by Crippen LogP contribution is -2.59. The van der Waals surface area contributed by atoms with Crippen LogP contribution in [0.15, 0.2) is 29.2 Å². The molecule has 9 heteroatoms. The van der Waals surface area contributed by atoms with Crippen molar-refractivity contribution in [2.24, 2.45) is 0 Å². The summed E-state index contributed by atoms with van der Waals surface area (Å²) < 4.78 is 37.3. The molecule has 24 heavy (non-hydrogen) atoms. The number of nitrogens with zero attached hydrogens (tertiary/aromatic N) is 1. The quantitative estimate of drug-likeness (QED) is 0.695. The van der Waals surface area contributed by atoms with Crippen LogP contribution in [0.5, 0.6) is 0 Å². The van der Waals surface area contributed by atoms with Gasteiger partial charge in [-0.2, -0.15) is 0 Å². The maximum Gasteiger partial charge on any atom is 0.243 e. The van der Waals surface area contributed by atoms with Crippen molar-refractivity contribution < 1.29 is 22.4 Å². The molecule has 0 unspecified atom stereocenters. The van der Waals surface area contributed by atoms with Crippen LogP contribution in [0.2, 0.25) is 0 Å². The van der Waals surface area contributed by atoms with Crippen molar-refractivity contribution in [2.45, 2.75) is 17.4 Å². The van der Waals surface area contributed by atoms with Crippen molar-refractivity contribution in [3.05, 3.63) is 30.1 Å². The molecule has 2 rings (SSSR count). The van der Waals surface area contributed by atoms with Gasteiger partial charge >= 0.3 is 0 Å². The number of nitrogens with one attached hydrogen (secondary N) is 2. The predicted molar refractivity (Wildman–Crippen MR) is 85.5 cm³/mol. The lowest BCUT2D eigenvalue weighted by atomic mass is 10.1. The van der Waals surface area contributed by atoms with Gasteiger partial charge in [0.2, 0.25) is 11.8 Å². The molecule has 0 aliphatic carbocycles. The lowest BCUT2D eigenvalue weighted by Gasteiger charge is -2.35. The van der Waals surface area contributed by atoms with E-state index in [9.17, 15) is 22.4 Å². The number of carbonyl (C=O) groups is 2. The number of likely N-dealkylation sites (N-methyl/N-ethyl adjacent to an activating group) is 1. The molecule has 1 aromatic rings. The van der Waals surface area contributed by atoms with Gasteiger partial charge in [0, 0.05) is 33.1 Å². The molecule has 0 radical (unpaired) electrons. The van der Waals surface area contributed by atoms with Gasteiger partial charge in [0.15, 0.2) is 9.84 Å². The van der Waals surface area contributed by atoms with Gasteiger partial charge in [0.25, 0.3) is 0 Å². The Labute approximate surface area is 140 Å². The highest BCUT2D eigenvalue weighted by atomic mass is 32.2. The highest BCUT2D eigenvalue weighted by molar-refractivity contribution is 7.91. The zero-order chi connectivity index (χ0) is 17.7. The first-order valence-electron chi connectivity index (χ1n) is 7.55. The van der Waals surface area contributed by atoms with Gasteiger partial charge in [-0.1, -0.05) is 0 Å². The Kier molecular flexibility index (Phi) is 5.89. The fourth-order valence-corrected chi connectivity index (χ4v) is 3.76. The third kappa shape index (κ3) is 4.30. The number of sulfone groups is 1. The van der Waals surface area contributed by atoms with Crippen LogP contribution in [0.4, 0.5) is 4.39 Å². The number of carbonyl (C=O) groups excluding carboxylic acids is 2. The first kappa shape index (κ1) is 18.3. The summed E-state index contributed by atoms with van der Waals surface area (Å²) in [5.74, 6) is -1.60. The van der Waals surface area contributed by atoms with Crippen LogP contribution in [0.1, 0.15) is 6.42 Å². The average Bonchev–Trinajstić information content (AvgIpc) is 2.59. The molecular weight excluding hydrogens is 337 g/mol. The van der Waals surface area contributed by atoms with E-state index in [1.54, 1.807) is 0 Å². The predicted octanol–water partition coefficient (Wildman–Crippen LogP) is -0.464. The Hall–Kier alpha value is -2.00. The van der Waals surface area contributed by atoms with Crippen molar-refractivity contribution in [1.29, 1.82) is 0 Å². The summed E-state index contributed by atoms with van der Waals surface area (Å²) in [5, 5.41) is 5.53. The van der Waals surface area contributed by atoms with Gasteiger partial charge < -0.3 is 15.5 Å². The molecule has 1 fully saturated rings. The summed E-state index contributed by atoms with van der Waals surface area (Å²) in [5.41, 5.74) is 0. The Morgan fingerprint density at radius 1 is 1.33 bits per heavy atom. The zero-order valence-electron chi connectivity index (χ0n) is 13.3. The number of benzene rings is 1. The Balaban J connectivity index is 2.03. The number of hydrogen-bond donors (Lipinski definition) is 2. The van der Waals surface area contributed by atoms with Crippen molar-refractivity contribution in [3.63, 3.8) is 0 Å². The van der Waals surface area contributed by atoms with E-state index in [0.29, 0.717) is 19.6 Å². The molecule has 2 N–H and O–H groups in total. The van der Waals surface area contributed by atoms with E-state index in [1.165, 1.54) is 24.1 Å². The molecule has 1 aromatic carbocycles. The lowest BCUT2D eigenvalue weighted by molar-refractivity contribution is -0.141. The number of hydrogen-bond acceptors (Lipinski definition) is 5. The van der Waals surface area contributed by atoms with Gasteiger partial charge in [-0.3, -0.25) is 9.59 Å². The minimum absolute atomic E-state index is 0.0279. The largest absolute Gasteiger partial charge is 0.357 e. The molecule has 1 saturated heterocycles. The number of piperazine rings is 1. The van der Waals surface area contributed by atoms with E-state index < -0.39 is 27.6 Å². The number of halogens is 1. The van der Waals surface area contributed by atoms with E-state index >= 15 is 0 Å².